The number of hydrogen-bond donors (Lipinski definition) is 2. The SMILES string of the molecule is CNCCN=C/C(=C\N)c1cnc2ccc(N(CC3CC3)c3cc(OC)cc(OC)c3)cc2n1. The van der Waals surface area contributed by atoms with Crippen LogP contribution in [0.2, 0.25) is 0 Å². The number of nitrogens with zero attached hydrogens (tertiary/aromatic N) is 4. The van der Waals surface area contributed by atoms with Gasteiger partial charge in [-0.1, -0.05) is 0 Å². The van der Waals surface area contributed by atoms with E-state index in [1.54, 1.807) is 26.6 Å². The highest BCUT2D eigenvalue weighted by Crippen LogP contribution is 2.38. The molecule has 2 aromatic carbocycles. The number of aromatic nitrogens is 2. The van der Waals surface area contributed by atoms with Crippen LogP contribution >= 0.6 is 0 Å². The molecule has 1 fully saturated rings. The van der Waals surface area contributed by atoms with Gasteiger partial charge in [0.1, 0.15) is 11.5 Å². The number of benzene rings is 2. The second-order valence-electron chi connectivity index (χ2n) is 8.31. The summed E-state index contributed by atoms with van der Waals surface area (Å²) in [5, 5.41) is 3.07. The van der Waals surface area contributed by atoms with E-state index in [0.29, 0.717) is 18.2 Å². The molecule has 0 amide bonds. The summed E-state index contributed by atoms with van der Waals surface area (Å²) >= 11 is 0. The molecule has 0 bridgehead atoms. The van der Waals surface area contributed by atoms with Crippen molar-refractivity contribution in [3.63, 3.8) is 0 Å². The molecule has 1 aliphatic rings. The molecule has 0 aliphatic heterocycles. The highest BCUT2D eigenvalue weighted by Gasteiger charge is 2.26. The van der Waals surface area contributed by atoms with Crippen LogP contribution in [0.15, 0.2) is 53.8 Å². The fourth-order valence-corrected chi connectivity index (χ4v) is 3.71. The lowest BCUT2D eigenvalue weighted by Gasteiger charge is -2.26. The van der Waals surface area contributed by atoms with Crippen molar-refractivity contribution in [1.29, 1.82) is 0 Å². The molecule has 0 unspecified atom stereocenters. The first kappa shape index (κ1) is 23.5. The lowest BCUT2D eigenvalue weighted by molar-refractivity contribution is 0.394. The van der Waals surface area contributed by atoms with Gasteiger partial charge in [0.25, 0.3) is 0 Å². The van der Waals surface area contributed by atoms with E-state index < -0.39 is 0 Å². The van der Waals surface area contributed by atoms with E-state index in [2.05, 4.69) is 32.3 Å². The lowest BCUT2D eigenvalue weighted by atomic mass is 10.1. The predicted octanol–water partition coefficient (Wildman–Crippen LogP) is 3.78. The summed E-state index contributed by atoms with van der Waals surface area (Å²) in [5.74, 6) is 2.19. The fraction of sp³-hybridized carbons (Fsp3) is 0.346. The van der Waals surface area contributed by atoms with Crippen LogP contribution in [0.4, 0.5) is 11.4 Å². The van der Waals surface area contributed by atoms with Crippen molar-refractivity contribution in [2.75, 3.05) is 45.8 Å². The summed E-state index contributed by atoms with van der Waals surface area (Å²) in [6.07, 6.45) is 7.49. The maximum absolute atomic E-state index is 5.87. The molecule has 1 aromatic heterocycles. The highest BCUT2D eigenvalue weighted by atomic mass is 16.5. The average molecular weight is 461 g/mol. The van der Waals surface area contributed by atoms with Crippen molar-refractivity contribution >= 4 is 34.2 Å². The number of rotatable bonds is 11. The number of hydrogen-bond acceptors (Lipinski definition) is 8. The number of allylic oxidation sites excluding steroid dienone is 1. The van der Waals surface area contributed by atoms with E-state index in [4.69, 9.17) is 20.2 Å². The van der Waals surface area contributed by atoms with E-state index in [0.717, 1.165) is 52.6 Å². The molecule has 178 valence electrons. The Morgan fingerprint density at radius 3 is 2.53 bits per heavy atom. The zero-order valence-corrected chi connectivity index (χ0v) is 20.0. The third-order valence-electron chi connectivity index (χ3n) is 5.82. The van der Waals surface area contributed by atoms with Gasteiger partial charge in [0.2, 0.25) is 0 Å². The molecule has 0 spiro atoms. The first-order valence-electron chi connectivity index (χ1n) is 11.5. The molecule has 0 atom stereocenters. The van der Waals surface area contributed by atoms with Gasteiger partial charge in [0, 0.05) is 60.7 Å². The summed E-state index contributed by atoms with van der Waals surface area (Å²) in [6, 6.07) is 12.1. The first-order valence-corrected chi connectivity index (χ1v) is 11.5. The van der Waals surface area contributed by atoms with Crippen LogP contribution in [0.3, 0.4) is 0 Å². The number of nitrogens with one attached hydrogen (secondary N) is 1. The molecule has 4 rings (SSSR count). The van der Waals surface area contributed by atoms with E-state index in [1.165, 1.54) is 19.0 Å². The van der Waals surface area contributed by atoms with Gasteiger partial charge >= 0.3 is 0 Å². The average Bonchev–Trinajstić information content (AvgIpc) is 3.70. The number of fused-ring (bicyclic) bond motifs is 1. The number of anilines is 2. The number of methoxy groups -OCH3 is 2. The van der Waals surface area contributed by atoms with Crippen molar-refractivity contribution in [1.82, 2.24) is 15.3 Å². The van der Waals surface area contributed by atoms with E-state index in [9.17, 15) is 0 Å². The summed E-state index contributed by atoms with van der Waals surface area (Å²) in [6.45, 7) is 2.38. The minimum atomic E-state index is 0.666. The van der Waals surface area contributed by atoms with E-state index >= 15 is 0 Å². The minimum absolute atomic E-state index is 0.666. The maximum Gasteiger partial charge on any atom is 0.124 e. The number of nitrogens with two attached hydrogens (primary N) is 1. The van der Waals surface area contributed by atoms with Gasteiger partial charge < -0.3 is 25.4 Å². The number of aliphatic imine (C=N–C) groups is 1. The highest BCUT2D eigenvalue weighted by molar-refractivity contribution is 6.09. The molecule has 0 radical (unpaired) electrons. The Morgan fingerprint density at radius 1 is 1.12 bits per heavy atom. The Morgan fingerprint density at radius 2 is 1.88 bits per heavy atom. The fourth-order valence-electron chi connectivity index (χ4n) is 3.71. The monoisotopic (exact) mass is 460 g/mol. The van der Waals surface area contributed by atoms with Crippen molar-refractivity contribution < 1.29 is 9.47 Å². The molecule has 3 aromatic rings. The summed E-state index contributed by atoms with van der Waals surface area (Å²) in [4.78, 5) is 16.2. The lowest BCUT2D eigenvalue weighted by Crippen LogP contribution is -2.20. The van der Waals surface area contributed by atoms with Crippen LogP contribution in [0, 0.1) is 5.92 Å². The topological polar surface area (TPSA) is 97.9 Å². The number of ether oxygens (including phenoxy) is 2. The minimum Gasteiger partial charge on any atom is -0.497 e. The van der Waals surface area contributed by atoms with Gasteiger partial charge in [-0.15, -0.1) is 0 Å². The molecule has 3 N–H and O–H groups in total. The molecule has 34 heavy (non-hydrogen) atoms. The smallest absolute Gasteiger partial charge is 0.124 e. The summed E-state index contributed by atoms with van der Waals surface area (Å²) in [7, 11) is 5.23. The Hall–Kier alpha value is -3.65. The zero-order chi connectivity index (χ0) is 23.9. The van der Waals surface area contributed by atoms with Gasteiger partial charge in [-0.25, -0.2) is 4.98 Å². The van der Waals surface area contributed by atoms with E-state index in [-0.39, 0.29) is 0 Å². The van der Waals surface area contributed by atoms with Gasteiger partial charge in [-0.05, 0) is 44.0 Å². The van der Waals surface area contributed by atoms with Crippen LogP contribution in [0.5, 0.6) is 11.5 Å². The Bertz CT molecular complexity index is 1170. The van der Waals surface area contributed by atoms with Crippen molar-refractivity contribution in [2.24, 2.45) is 16.6 Å². The second kappa shape index (κ2) is 11.0. The van der Waals surface area contributed by atoms with Crippen LogP contribution in [-0.2, 0) is 0 Å². The molecule has 1 aliphatic carbocycles. The summed E-state index contributed by atoms with van der Waals surface area (Å²) < 4.78 is 11.0. The summed E-state index contributed by atoms with van der Waals surface area (Å²) in [5.41, 5.74) is 11.0. The molecule has 0 saturated heterocycles. The molecular weight excluding hydrogens is 428 g/mol. The maximum atomic E-state index is 5.87. The molecule has 8 heteroatoms. The quantitative estimate of drug-likeness (QED) is 0.332. The third kappa shape index (κ3) is 5.63. The van der Waals surface area contributed by atoms with Crippen molar-refractivity contribution in [3.05, 3.63) is 54.5 Å². The van der Waals surface area contributed by atoms with Crippen LogP contribution < -0.4 is 25.4 Å². The predicted molar refractivity (Wildman–Crippen MR) is 138 cm³/mol. The number of likely N-dealkylation sites (N-methyl/N-ethyl adjacent to an activating group) is 1. The normalized spacial score (nSPS) is 14.0. The van der Waals surface area contributed by atoms with Gasteiger partial charge in [-0.3, -0.25) is 9.98 Å². The molecular formula is C26H32N6O2. The molecule has 8 nitrogen and oxygen atoms in total. The standard InChI is InChI=1S/C26H32N6O2/c1-28-8-9-29-15-19(14-27)26-16-30-24-7-6-20(12-25(24)31-26)32(17-18-4-5-18)21-10-22(33-2)13-23(11-21)34-3/h6-7,10-16,18,28H,4-5,8-9,17,27H2,1-3H3/b19-14+,29-15?. The Balaban J connectivity index is 1.70. The van der Waals surface area contributed by atoms with Crippen molar-refractivity contribution in [3.8, 4) is 11.5 Å². The third-order valence-corrected chi connectivity index (χ3v) is 5.82. The van der Waals surface area contributed by atoms with Gasteiger partial charge in [-0.2, -0.15) is 0 Å². The second-order valence-corrected chi connectivity index (χ2v) is 8.31. The zero-order valence-electron chi connectivity index (χ0n) is 20.0. The Kier molecular flexibility index (Phi) is 7.59. The van der Waals surface area contributed by atoms with E-state index in [1.807, 2.05) is 31.3 Å². The first-order chi connectivity index (χ1) is 16.6. The van der Waals surface area contributed by atoms with Crippen LogP contribution in [-0.4, -0.2) is 57.1 Å². The molecule has 1 saturated carbocycles. The van der Waals surface area contributed by atoms with Crippen LogP contribution in [0.1, 0.15) is 18.5 Å². The molecule has 1 heterocycles. The van der Waals surface area contributed by atoms with Gasteiger partial charge in [0.15, 0.2) is 0 Å². The van der Waals surface area contributed by atoms with Crippen LogP contribution in [0.25, 0.3) is 16.6 Å². The Labute approximate surface area is 200 Å². The largest absolute Gasteiger partial charge is 0.497 e. The van der Waals surface area contributed by atoms with Gasteiger partial charge in [0.05, 0.1) is 43.7 Å². The van der Waals surface area contributed by atoms with Crippen molar-refractivity contribution in [2.45, 2.75) is 12.8 Å².